The molecule has 88 valence electrons. The number of benzene rings is 1. The van der Waals surface area contributed by atoms with E-state index in [0.29, 0.717) is 17.9 Å². The van der Waals surface area contributed by atoms with E-state index in [1.807, 2.05) is 12.1 Å². The number of anilines is 1. The van der Waals surface area contributed by atoms with E-state index in [9.17, 15) is 4.57 Å². The molecule has 0 bridgehead atoms. The van der Waals surface area contributed by atoms with Gasteiger partial charge in [0, 0.05) is 6.42 Å². The molecule has 0 aliphatic carbocycles. The van der Waals surface area contributed by atoms with Crippen LogP contribution in [0.4, 0.5) is 5.69 Å². The second-order valence-electron chi connectivity index (χ2n) is 3.77. The topological polar surface area (TPSA) is 72.5 Å². The molecule has 16 heavy (non-hydrogen) atoms. The van der Waals surface area contributed by atoms with Gasteiger partial charge in [0.1, 0.15) is 5.75 Å². The summed E-state index contributed by atoms with van der Waals surface area (Å²) >= 11 is 0. The van der Waals surface area contributed by atoms with Crippen LogP contribution >= 0.6 is 8.03 Å². The van der Waals surface area contributed by atoms with Crippen molar-refractivity contribution in [1.29, 1.82) is 0 Å². The normalized spacial score (nSPS) is 13.3. The molecule has 0 heterocycles. The van der Waals surface area contributed by atoms with E-state index in [4.69, 9.17) is 15.4 Å². The molecule has 0 amide bonds. The van der Waals surface area contributed by atoms with Crippen LogP contribution in [-0.4, -0.2) is 17.7 Å². The molecule has 0 saturated carbocycles. The molecule has 0 aromatic heterocycles. The number of hydrogen-bond acceptors (Lipinski definition) is 3. The van der Waals surface area contributed by atoms with Gasteiger partial charge >= 0.3 is 8.03 Å². The Bertz CT molecular complexity index is 381. The van der Waals surface area contributed by atoms with E-state index in [-0.39, 0.29) is 5.66 Å². The first kappa shape index (κ1) is 12.9. The highest BCUT2D eigenvalue weighted by molar-refractivity contribution is 7.38. The molecular formula is C11H17NO3P+. The predicted octanol–water partition coefficient (Wildman–Crippen LogP) is 2.33. The van der Waals surface area contributed by atoms with Crippen molar-refractivity contribution in [3.63, 3.8) is 0 Å². The number of methoxy groups -OCH3 is 1. The third-order valence-corrected chi connectivity index (χ3v) is 3.54. The van der Waals surface area contributed by atoms with Gasteiger partial charge in [0.05, 0.1) is 12.8 Å². The summed E-state index contributed by atoms with van der Waals surface area (Å²) in [6.45, 7) is 1.77. The number of ether oxygens (including phenoxy) is 1. The van der Waals surface area contributed by atoms with E-state index in [0.717, 1.165) is 12.0 Å². The quantitative estimate of drug-likeness (QED) is 0.614. The first-order valence-corrected chi connectivity index (χ1v) is 6.40. The lowest BCUT2D eigenvalue weighted by Gasteiger charge is -2.07. The molecular weight excluding hydrogens is 225 g/mol. The van der Waals surface area contributed by atoms with Crippen molar-refractivity contribution in [2.75, 3.05) is 12.8 Å². The lowest BCUT2D eigenvalue weighted by atomic mass is 10.1. The van der Waals surface area contributed by atoms with E-state index in [2.05, 4.69) is 0 Å². The number of nitrogen functional groups attached to an aromatic ring is 1. The molecule has 0 saturated heterocycles. The lowest BCUT2D eigenvalue weighted by molar-refractivity contribution is 0.416. The van der Waals surface area contributed by atoms with Crippen LogP contribution in [0.15, 0.2) is 18.2 Å². The average molecular weight is 242 g/mol. The Morgan fingerprint density at radius 1 is 1.56 bits per heavy atom. The van der Waals surface area contributed by atoms with Crippen LogP contribution in [-0.2, 0) is 11.0 Å². The van der Waals surface area contributed by atoms with Crippen molar-refractivity contribution in [2.45, 2.75) is 25.4 Å². The minimum Gasteiger partial charge on any atom is -0.495 e. The Hall–Kier alpha value is -1.12. The van der Waals surface area contributed by atoms with Gasteiger partial charge in [-0.05, 0) is 35.6 Å². The van der Waals surface area contributed by atoms with Gasteiger partial charge < -0.3 is 10.5 Å². The number of aryl methyl sites for hydroxylation is 1. The molecule has 5 heteroatoms. The van der Waals surface area contributed by atoms with Crippen LogP contribution in [0.25, 0.3) is 0 Å². The minimum atomic E-state index is -2.08. The highest BCUT2D eigenvalue weighted by Crippen LogP contribution is 2.27. The van der Waals surface area contributed by atoms with Crippen molar-refractivity contribution in [3.05, 3.63) is 23.8 Å². The third kappa shape index (κ3) is 3.47. The van der Waals surface area contributed by atoms with Gasteiger partial charge in [-0.15, -0.1) is 0 Å². The summed E-state index contributed by atoms with van der Waals surface area (Å²) in [4.78, 5) is 8.91. The SMILES string of the molecule is COc1cc(CCC(C)[P+](=O)O)ccc1N. The molecule has 1 aromatic rings. The van der Waals surface area contributed by atoms with Crippen LogP contribution in [0.3, 0.4) is 0 Å². The van der Waals surface area contributed by atoms with Crippen molar-refractivity contribution in [2.24, 2.45) is 0 Å². The van der Waals surface area contributed by atoms with Gasteiger partial charge in [0.25, 0.3) is 0 Å². The van der Waals surface area contributed by atoms with Crippen molar-refractivity contribution in [3.8, 4) is 5.75 Å². The molecule has 0 aliphatic rings. The van der Waals surface area contributed by atoms with Gasteiger partial charge in [0.2, 0.25) is 0 Å². The first-order valence-electron chi connectivity index (χ1n) is 5.12. The van der Waals surface area contributed by atoms with Crippen molar-refractivity contribution >= 4 is 13.7 Å². The maximum Gasteiger partial charge on any atom is 0.508 e. The number of hydrogen-bond donors (Lipinski definition) is 2. The summed E-state index contributed by atoms with van der Waals surface area (Å²) < 4.78 is 15.9. The summed E-state index contributed by atoms with van der Waals surface area (Å²) in [5.74, 6) is 0.651. The Morgan fingerprint density at radius 2 is 2.25 bits per heavy atom. The second-order valence-corrected chi connectivity index (χ2v) is 5.25. The molecule has 0 aliphatic heterocycles. The molecule has 2 unspecified atom stereocenters. The fraction of sp³-hybridized carbons (Fsp3) is 0.455. The summed E-state index contributed by atoms with van der Waals surface area (Å²) in [6, 6.07) is 5.57. The monoisotopic (exact) mass is 242 g/mol. The van der Waals surface area contributed by atoms with Gasteiger partial charge in [-0.2, -0.15) is 4.89 Å². The molecule has 0 spiro atoms. The Kier molecular flexibility index (Phi) is 4.71. The minimum absolute atomic E-state index is 0.182. The van der Waals surface area contributed by atoms with E-state index >= 15 is 0 Å². The highest BCUT2D eigenvalue weighted by Gasteiger charge is 2.22. The largest absolute Gasteiger partial charge is 0.508 e. The molecule has 1 rings (SSSR count). The smallest absolute Gasteiger partial charge is 0.495 e. The molecule has 2 atom stereocenters. The first-order chi connectivity index (χ1) is 7.54. The molecule has 0 radical (unpaired) electrons. The van der Waals surface area contributed by atoms with Gasteiger partial charge in [-0.1, -0.05) is 6.07 Å². The van der Waals surface area contributed by atoms with Crippen LogP contribution in [0, 0.1) is 0 Å². The zero-order valence-corrected chi connectivity index (χ0v) is 10.4. The van der Waals surface area contributed by atoms with E-state index < -0.39 is 8.03 Å². The van der Waals surface area contributed by atoms with Crippen molar-refractivity contribution < 1.29 is 14.2 Å². The zero-order chi connectivity index (χ0) is 12.1. The van der Waals surface area contributed by atoms with Gasteiger partial charge in [-0.3, -0.25) is 0 Å². The maximum atomic E-state index is 10.8. The fourth-order valence-electron chi connectivity index (χ4n) is 1.40. The zero-order valence-electron chi connectivity index (χ0n) is 9.51. The van der Waals surface area contributed by atoms with Crippen LogP contribution in [0.2, 0.25) is 0 Å². The van der Waals surface area contributed by atoms with E-state index in [1.54, 1.807) is 20.1 Å². The van der Waals surface area contributed by atoms with Gasteiger partial charge in [-0.25, -0.2) is 0 Å². The summed E-state index contributed by atoms with van der Waals surface area (Å²) in [5, 5.41) is 0. The van der Waals surface area contributed by atoms with Crippen LogP contribution in [0.1, 0.15) is 18.9 Å². The summed E-state index contributed by atoms with van der Waals surface area (Å²) in [5.41, 5.74) is 7.18. The fourth-order valence-corrected chi connectivity index (χ4v) is 1.75. The summed E-state index contributed by atoms with van der Waals surface area (Å²) in [6.07, 6.45) is 1.43. The second kappa shape index (κ2) is 5.83. The number of nitrogens with two attached hydrogens (primary N) is 1. The predicted molar refractivity (Wildman–Crippen MR) is 65.0 cm³/mol. The van der Waals surface area contributed by atoms with Crippen LogP contribution in [0.5, 0.6) is 5.75 Å². The Labute approximate surface area is 96.3 Å². The van der Waals surface area contributed by atoms with Gasteiger partial charge in [0.15, 0.2) is 5.66 Å². The van der Waals surface area contributed by atoms with Crippen molar-refractivity contribution in [1.82, 2.24) is 0 Å². The molecule has 3 N–H and O–H groups in total. The standard InChI is InChI=1S/C11H16NO3P/c1-8(16(13)14)3-4-9-5-6-10(12)11(7-9)15-2/h5-8H,3-4,12H2,1-2H3/p+1. The Morgan fingerprint density at radius 3 is 2.81 bits per heavy atom. The Balaban J connectivity index is 2.64. The summed E-state index contributed by atoms with van der Waals surface area (Å²) in [7, 11) is -0.509. The maximum absolute atomic E-state index is 10.8. The lowest BCUT2D eigenvalue weighted by Crippen LogP contribution is -1.99. The average Bonchev–Trinajstić information content (AvgIpc) is 2.27. The highest BCUT2D eigenvalue weighted by atomic mass is 31.1. The van der Waals surface area contributed by atoms with Crippen LogP contribution < -0.4 is 10.5 Å². The number of rotatable bonds is 5. The third-order valence-electron chi connectivity index (χ3n) is 2.53. The molecule has 1 aromatic carbocycles. The molecule has 4 nitrogen and oxygen atoms in total. The van der Waals surface area contributed by atoms with E-state index in [1.165, 1.54) is 0 Å². The molecule has 0 fully saturated rings.